The highest BCUT2D eigenvalue weighted by atomic mass is 16.5. The molecule has 1 unspecified atom stereocenters. The molecule has 0 saturated heterocycles. The van der Waals surface area contributed by atoms with Gasteiger partial charge in [-0.1, -0.05) is 79.7 Å². The zero-order valence-electron chi connectivity index (χ0n) is 22.6. The molecule has 0 fully saturated rings. The third-order valence-corrected chi connectivity index (χ3v) is 7.02. The zero-order chi connectivity index (χ0) is 27.2. The fraction of sp³-hybridized carbons (Fsp3) is 0.212. The Hall–Kier alpha value is -4.42. The van der Waals surface area contributed by atoms with Gasteiger partial charge in [0.1, 0.15) is 5.92 Å². The first-order valence-corrected chi connectivity index (χ1v) is 13.2. The lowest BCUT2D eigenvalue weighted by atomic mass is 9.90. The molecule has 0 spiro atoms. The smallest absolute Gasteiger partial charge is 0.238 e. The number of anilines is 1. The van der Waals surface area contributed by atoms with Crippen molar-refractivity contribution in [1.82, 2.24) is 4.90 Å². The first kappa shape index (κ1) is 26.2. The summed E-state index contributed by atoms with van der Waals surface area (Å²) in [5.74, 6) is 0.437. The van der Waals surface area contributed by atoms with E-state index < -0.39 is 5.92 Å². The molecule has 6 nitrogen and oxygen atoms in total. The first-order chi connectivity index (χ1) is 19.1. The van der Waals surface area contributed by atoms with Gasteiger partial charge in [0.05, 0.1) is 25.6 Å². The summed E-state index contributed by atoms with van der Waals surface area (Å²) < 4.78 is 11.0. The van der Waals surface area contributed by atoms with Crippen LogP contribution in [0, 0.1) is 0 Å². The van der Waals surface area contributed by atoms with Gasteiger partial charge in [0.25, 0.3) is 0 Å². The van der Waals surface area contributed by atoms with Crippen molar-refractivity contribution in [2.24, 2.45) is 4.99 Å². The second-order valence-corrected chi connectivity index (χ2v) is 9.54. The molecule has 198 valence electrons. The van der Waals surface area contributed by atoms with Crippen LogP contribution in [0.15, 0.2) is 102 Å². The van der Waals surface area contributed by atoms with E-state index in [-0.39, 0.29) is 5.91 Å². The monoisotopic (exact) mass is 519 g/mol. The van der Waals surface area contributed by atoms with E-state index in [4.69, 9.17) is 14.5 Å². The molecule has 0 radical (unpaired) electrons. The number of aliphatic imine (C=N–C) groups is 1. The number of carbonyl (C=O) groups excluding carboxylic acids is 1. The van der Waals surface area contributed by atoms with E-state index in [0.717, 1.165) is 36.4 Å². The van der Waals surface area contributed by atoms with E-state index in [2.05, 4.69) is 53.5 Å². The Morgan fingerprint density at radius 2 is 1.41 bits per heavy atom. The van der Waals surface area contributed by atoms with Crippen LogP contribution in [-0.2, 0) is 17.9 Å². The predicted octanol–water partition coefficient (Wildman–Crippen LogP) is 6.58. The van der Waals surface area contributed by atoms with Crippen LogP contribution in [0.25, 0.3) is 0 Å². The van der Waals surface area contributed by atoms with Gasteiger partial charge in [-0.2, -0.15) is 0 Å². The van der Waals surface area contributed by atoms with E-state index >= 15 is 0 Å². The molecular weight excluding hydrogens is 486 g/mol. The van der Waals surface area contributed by atoms with E-state index in [0.29, 0.717) is 22.9 Å². The molecule has 4 aromatic rings. The summed E-state index contributed by atoms with van der Waals surface area (Å²) in [4.78, 5) is 20.8. The summed E-state index contributed by atoms with van der Waals surface area (Å²) in [5.41, 5.74) is 6.42. The number of nitrogens with zero attached hydrogens (tertiary/aromatic N) is 2. The number of hydrogen-bond donors (Lipinski definition) is 1. The number of amides is 1. The maximum absolute atomic E-state index is 13.3. The molecule has 1 aliphatic rings. The van der Waals surface area contributed by atoms with Crippen LogP contribution >= 0.6 is 0 Å². The van der Waals surface area contributed by atoms with Crippen LogP contribution < -0.4 is 14.8 Å². The Labute approximate surface area is 229 Å². The van der Waals surface area contributed by atoms with Crippen molar-refractivity contribution < 1.29 is 14.3 Å². The minimum Gasteiger partial charge on any atom is -0.493 e. The van der Waals surface area contributed by atoms with Crippen LogP contribution in [0.4, 0.5) is 11.4 Å². The van der Waals surface area contributed by atoms with Gasteiger partial charge in [-0.15, -0.1) is 0 Å². The zero-order valence-corrected chi connectivity index (χ0v) is 22.6. The van der Waals surface area contributed by atoms with Gasteiger partial charge in [-0.25, -0.2) is 0 Å². The second kappa shape index (κ2) is 12.0. The van der Waals surface area contributed by atoms with Gasteiger partial charge in [0.2, 0.25) is 5.91 Å². The number of rotatable bonds is 10. The molecule has 39 heavy (non-hydrogen) atoms. The topological polar surface area (TPSA) is 63.2 Å². The Bertz CT molecular complexity index is 1450. The summed E-state index contributed by atoms with van der Waals surface area (Å²) >= 11 is 0. The van der Waals surface area contributed by atoms with Crippen molar-refractivity contribution in [3.8, 4) is 11.5 Å². The lowest BCUT2D eigenvalue weighted by Gasteiger charge is -2.20. The van der Waals surface area contributed by atoms with E-state index in [9.17, 15) is 4.79 Å². The number of benzene rings is 4. The molecule has 4 aromatic carbocycles. The SMILES string of the molecule is CCN(Cc1ccccc1)Cc1ccc(N=C(c2ccccc2)C2C(=O)Nc3cc(OC)c(OC)cc32)cc1. The van der Waals surface area contributed by atoms with Crippen LogP contribution in [0.5, 0.6) is 11.5 Å². The average Bonchev–Trinajstić information content (AvgIpc) is 3.30. The third-order valence-electron chi connectivity index (χ3n) is 7.02. The minimum atomic E-state index is -0.580. The van der Waals surface area contributed by atoms with Crippen LogP contribution in [0.2, 0.25) is 0 Å². The van der Waals surface area contributed by atoms with Crippen molar-refractivity contribution in [1.29, 1.82) is 0 Å². The van der Waals surface area contributed by atoms with E-state index in [1.165, 1.54) is 11.1 Å². The maximum Gasteiger partial charge on any atom is 0.238 e. The summed E-state index contributed by atoms with van der Waals surface area (Å²) in [7, 11) is 3.18. The molecule has 0 saturated carbocycles. The van der Waals surface area contributed by atoms with E-state index in [1.54, 1.807) is 20.3 Å². The Kier molecular flexibility index (Phi) is 8.04. The van der Waals surface area contributed by atoms with Crippen molar-refractivity contribution in [3.05, 3.63) is 119 Å². The molecule has 1 N–H and O–H groups in total. The van der Waals surface area contributed by atoms with Gasteiger partial charge in [0.15, 0.2) is 11.5 Å². The van der Waals surface area contributed by atoms with Gasteiger partial charge in [-0.05, 0) is 47.0 Å². The number of nitrogens with one attached hydrogen (secondary N) is 1. The maximum atomic E-state index is 13.3. The number of hydrogen-bond acceptors (Lipinski definition) is 5. The third kappa shape index (κ3) is 5.86. The normalized spacial score (nSPS) is 14.7. The molecule has 5 rings (SSSR count). The lowest BCUT2D eigenvalue weighted by molar-refractivity contribution is -0.115. The summed E-state index contributed by atoms with van der Waals surface area (Å²) in [6.45, 7) is 4.89. The fourth-order valence-corrected chi connectivity index (χ4v) is 4.96. The standard InChI is InChI=1S/C33H33N3O3/c1-4-36(21-23-11-7-5-8-12-23)22-24-15-17-26(18-16-24)34-32(25-13-9-6-10-14-25)31-27-19-29(38-2)30(39-3)20-28(27)35-33(31)37/h5-20,31H,4,21-22H2,1-3H3,(H,35,37). The molecule has 1 heterocycles. The second-order valence-electron chi connectivity index (χ2n) is 9.54. The van der Waals surface area contributed by atoms with Crippen molar-refractivity contribution >= 4 is 23.0 Å². The molecule has 6 heteroatoms. The molecule has 1 atom stereocenters. The molecular formula is C33H33N3O3. The quantitative estimate of drug-likeness (QED) is 0.240. The fourth-order valence-electron chi connectivity index (χ4n) is 4.96. The summed E-state index contributed by atoms with van der Waals surface area (Å²) in [6.07, 6.45) is 0. The van der Waals surface area contributed by atoms with Gasteiger partial charge < -0.3 is 14.8 Å². The average molecular weight is 520 g/mol. The van der Waals surface area contributed by atoms with Crippen molar-refractivity contribution in [2.75, 3.05) is 26.1 Å². The number of carbonyl (C=O) groups is 1. The first-order valence-electron chi connectivity index (χ1n) is 13.2. The molecule has 1 aliphatic heterocycles. The van der Waals surface area contributed by atoms with Gasteiger partial charge in [0, 0.05) is 24.8 Å². The highest BCUT2D eigenvalue weighted by Gasteiger charge is 2.36. The summed E-state index contributed by atoms with van der Waals surface area (Å²) in [5, 5.41) is 3.01. The molecule has 0 aliphatic carbocycles. The molecule has 1 amide bonds. The molecule has 0 bridgehead atoms. The number of fused-ring (bicyclic) bond motifs is 1. The Balaban J connectivity index is 1.45. The van der Waals surface area contributed by atoms with Gasteiger partial charge >= 0.3 is 0 Å². The van der Waals surface area contributed by atoms with Crippen LogP contribution in [-0.4, -0.2) is 37.3 Å². The number of ether oxygens (including phenoxy) is 2. The lowest BCUT2D eigenvalue weighted by Crippen LogP contribution is -2.22. The van der Waals surface area contributed by atoms with Crippen LogP contribution in [0.1, 0.15) is 35.1 Å². The van der Waals surface area contributed by atoms with Gasteiger partial charge in [-0.3, -0.25) is 14.7 Å². The van der Waals surface area contributed by atoms with Crippen molar-refractivity contribution in [3.63, 3.8) is 0 Å². The summed E-state index contributed by atoms with van der Waals surface area (Å²) in [6, 6.07) is 32.3. The Morgan fingerprint density at radius 1 is 0.821 bits per heavy atom. The largest absolute Gasteiger partial charge is 0.493 e. The highest BCUT2D eigenvalue weighted by molar-refractivity contribution is 6.24. The molecule has 0 aromatic heterocycles. The van der Waals surface area contributed by atoms with E-state index in [1.807, 2.05) is 54.6 Å². The highest BCUT2D eigenvalue weighted by Crippen LogP contribution is 2.42. The van der Waals surface area contributed by atoms with Crippen molar-refractivity contribution in [2.45, 2.75) is 25.9 Å². The van der Waals surface area contributed by atoms with Crippen LogP contribution in [0.3, 0.4) is 0 Å². The minimum absolute atomic E-state index is 0.126. The number of methoxy groups -OCH3 is 2. The predicted molar refractivity (Wildman–Crippen MR) is 156 cm³/mol. The Morgan fingerprint density at radius 3 is 2.03 bits per heavy atom.